The van der Waals surface area contributed by atoms with Crippen LogP contribution in [0, 0.1) is 0 Å². The van der Waals surface area contributed by atoms with Crippen LogP contribution in [-0.4, -0.2) is 28.0 Å². The van der Waals surface area contributed by atoms with E-state index in [9.17, 15) is 4.79 Å². The molecule has 1 amide bonds. The number of hydrogen-bond acceptors (Lipinski definition) is 5. The molecule has 1 aromatic rings. The number of rotatable bonds is 5. The fraction of sp³-hybridized carbons (Fsp3) is 0.471. The minimum Gasteiger partial charge on any atom is -0.298 e. The van der Waals surface area contributed by atoms with Gasteiger partial charge in [-0.3, -0.25) is 15.1 Å². The molecule has 1 unspecified atom stereocenters. The lowest BCUT2D eigenvalue weighted by Gasteiger charge is -2.33. The van der Waals surface area contributed by atoms with Gasteiger partial charge in [-0.15, -0.1) is 5.10 Å². The van der Waals surface area contributed by atoms with Gasteiger partial charge >= 0.3 is 0 Å². The average Bonchev–Trinajstić information content (AvgIpc) is 2.57. The van der Waals surface area contributed by atoms with Crippen LogP contribution in [0.25, 0.3) is 5.70 Å². The second-order valence-electron chi connectivity index (χ2n) is 5.64. The van der Waals surface area contributed by atoms with Gasteiger partial charge in [-0.05, 0) is 18.9 Å². The lowest BCUT2D eigenvalue weighted by atomic mass is 10.1. The molecule has 0 radical (unpaired) electrons. The van der Waals surface area contributed by atoms with Crippen LogP contribution in [0.3, 0.4) is 0 Å². The fourth-order valence-corrected chi connectivity index (χ4v) is 3.60. The van der Waals surface area contributed by atoms with E-state index in [1.807, 2.05) is 24.3 Å². The molecule has 0 fully saturated rings. The Hall–Kier alpha value is -1.82. The van der Waals surface area contributed by atoms with Gasteiger partial charge in [0.15, 0.2) is 5.17 Å². The third-order valence-electron chi connectivity index (χ3n) is 3.94. The summed E-state index contributed by atoms with van der Waals surface area (Å²) in [5, 5.41) is 11.8. The van der Waals surface area contributed by atoms with E-state index in [0.29, 0.717) is 10.9 Å². The molecule has 2 aliphatic heterocycles. The molecule has 3 rings (SSSR count). The molecule has 5 nitrogen and oxygen atoms in total. The topological polar surface area (TPSA) is 57.1 Å². The molecule has 122 valence electrons. The number of benzene rings is 1. The Balaban J connectivity index is 1.93. The number of unbranched alkanes of at least 4 members (excludes halogenated alkanes) is 2. The number of amides is 1. The van der Waals surface area contributed by atoms with E-state index in [4.69, 9.17) is 4.99 Å². The lowest BCUT2D eigenvalue weighted by Crippen LogP contribution is -2.52. The lowest BCUT2D eigenvalue weighted by molar-refractivity contribution is -0.116. The SMILES string of the molecule is CCCCCSC1=NN2C(=c3ccccc3=NC2CC)C(=O)N1. The largest absolute Gasteiger partial charge is 0.298 e. The van der Waals surface area contributed by atoms with Gasteiger partial charge < -0.3 is 0 Å². The van der Waals surface area contributed by atoms with E-state index in [0.717, 1.165) is 29.2 Å². The van der Waals surface area contributed by atoms with Gasteiger partial charge in [0.2, 0.25) is 0 Å². The zero-order valence-corrected chi connectivity index (χ0v) is 14.4. The predicted octanol–water partition coefficient (Wildman–Crippen LogP) is 1.79. The molecule has 1 N–H and O–H groups in total. The van der Waals surface area contributed by atoms with Crippen molar-refractivity contribution < 1.29 is 4.79 Å². The van der Waals surface area contributed by atoms with Crippen LogP contribution in [0.5, 0.6) is 0 Å². The number of nitrogens with zero attached hydrogens (tertiary/aromatic N) is 3. The molecule has 1 aromatic carbocycles. The molecule has 0 saturated carbocycles. The maximum absolute atomic E-state index is 12.6. The van der Waals surface area contributed by atoms with Crippen molar-refractivity contribution in [2.45, 2.75) is 45.7 Å². The Kier molecular flexibility index (Phi) is 5.00. The van der Waals surface area contributed by atoms with E-state index in [-0.39, 0.29) is 12.1 Å². The van der Waals surface area contributed by atoms with Crippen LogP contribution in [0.15, 0.2) is 34.4 Å². The second kappa shape index (κ2) is 7.17. The monoisotopic (exact) mass is 330 g/mol. The Morgan fingerprint density at radius 2 is 2.09 bits per heavy atom. The summed E-state index contributed by atoms with van der Waals surface area (Å²) in [6, 6.07) is 7.76. The third kappa shape index (κ3) is 3.27. The summed E-state index contributed by atoms with van der Waals surface area (Å²) in [5.74, 6) is 0.888. The van der Waals surface area contributed by atoms with Crippen LogP contribution in [-0.2, 0) is 4.79 Å². The van der Waals surface area contributed by atoms with Gasteiger partial charge in [0.25, 0.3) is 5.91 Å². The number of nitrogens with one attached hydrogen (secondary N) is 1. The predicted molar refractivity (Wildman–Crippen MR) is 94.1 cm³/mol. The van der Waals surface area contributed by atoms with Gasteiger partial charge in [0, 0.05) is 11.0 Å². The number of thioether (sulfide) groups is 1. The quantitative estimate of drug-likeness (QED) is 0.838. The number of para-hydroxylation sites is 1. The van der Waals surface area contributed by atoms with Crippen molar-refractivity contribution in [3.8, 4) is 0 Å². The Morgan fingerprint density at radius 1 is 1.26 bits per heavy atom. The van der Waals surface area contributed by atoms with Crippen molar-refractivity contribution in [1.82, 2.24) is 10.3 Å². The van der Waals surface area contributed by atoms with Crippen molar-refractivity contribution in [3.63, 3.8) is 0 Å². The van der Waals surface area contributed by atoms with E-state index < -0.39 is 0 Å². The summed E-state index contributed by atoms with van der Waals surface area (Å²) in [5.41, 5.74) is 0.611. The first-order valence-electron chi connectivity index (χ1n) is 8.23. The highest BCUT2D eigenvalue weighted by molar-refractivity contribution is 8.13. The van der Waals surface area contributed by atoms with Crippen LogP contribution >= 0.6 is 11.8 Å². The van der Waals surface area contributed by atoms with Crippen molar-refractivity contribution >= 4 is 28.5 Å². The Bertz CT molecular complexity index is 743. The molecule has 0 aromatic heterocycles. The minimum absolute atomic E-state index is 0.0845. The molecule has 0 bridgehead atoms. The van der Waals surface area contributed by atoms with Crippen LogP contribution in [0.1, 0.15) is 39.5 Å². The first-order chi connectivity index (χ1) is 11.2. The van der Waals surface area contributed by atoms with Gasteiger partial charge in [0.05, 0.1) is 5.36 Å². The van der Waals surface area contributed by atoms with Gasteiger partial charge in [0.1, 0.15) is 11.9 Å². The summed E-state index contributed by atoms with van der Waals surface area (Å²) in [4.78, 5) is 17.4. The van der Waals surface area contributed by atoms with Crippen molar-refractivity contribution in [3.05, 3.63) is 34.8 Å². The maximum atomic E-state index is 12.6. The molecular formula is C17H22N4OS. The summed E-state index contributed by atoms with van der Waals surface area (Å²) in [6.45, 7) is 4.25. The maximum Gasteiger partial charge on any atom is 0.276 e. The molecule has 0 saturated heterocycles. The van der Waals surface area contributed by atoms with Gasteiger partial charge in [-0.25, -0.2) is 5.01 Å². The molecule has 2 aliphatic rings. The third-order valence-corrected chi connectivity index (χ3v) is 4.89. The highest BCUT2D eigenvalue weighted by atomic mass is 32.2. The fourth-order valence-electron chi connectivity index (χ4n) is 2.75. The number of hydrogen-bond donors (Lipinski definition) is 1. The first-order valence-corrected chi connectivity index (χ1v) is 9.22. The summed E-state index contributed by atoms with van der Waals surface area (Å²) >= 11 is 1.61. The number of amidine groups is 1. The van der Waals surface area contributed by atoms with Crippen molar-refractivity contribution in [2.75, 3.05) is 5.75 Å². The molecule has 2 heterocycles. The van der Waals surface area contributed by atoms with E-state index in [2.05, 4.69) is 24.3 Å². The zero-order chi connectivity index (χ0) is 16.2. The second-order valence-corrected chi connectivity index (χ2v) is 6.73. The Labute approximate surface area is 140 Å². The number of carbonyl (C=O) groups excluding carboxylic acids is 1. The minimum atomic E-state index is -0.114. The normalized spacial score (nSPS) is 19.5. The number of carbonyl (C=O) groups is 1. The zero-order valence-electron chi connectivity index (χ0n) is 13.6. The highest BCUT2D eigenvalue weighted by Gasteiger charge is 2.32. The standard InChI is InChI=1S/C17H22N4OS/c1-3-5-8-11-23-17-19-16(22)15-12-9-6-7-10-13(12)18-14(4-2)21(15)20-17/h6-7,9-10,14H,3-5,8,11H2,1-2H3,(H,19,20,22). The van der Waals surface area contributed by atoms with Crippen LogP contribution in [0.2, 0.25) is 0 Å². The highest BCUT2D eigenvalue weighted by Crippen LogP contribution is 2.22. The number of hydrazone groups is 1. The van der Waals surface area contributed by atoms with Gasteiger partial charge in [-0.1, -0.05) is 56.7 Å². The number of fused-ring (bicyclic) bond motifs is 2. The molecule has 23 heavy (non-hydrogen) atoms. The molecule has 1 atom stereocenters. The van der Waals surface area contributed by atoms with E-state index >= 15 is 0 Å². The van der Waals surface area contributed by atoms with E-state index in [1.54, 1.807) is 16.8 Å². The molecule has 6 heteroatoms. The first kappa shape index (κ1) is 16.1. The van der Waals surface area contributed by atoms with E-state index in [1.165, 1.54) is 12.8 Å². The summed E-state index contributed by atoms with van der Waals surface area (Å²) < 4.78 is 0. The van der Waals surface area contributed by atoms with Gasteiger partial charge in [-0.2, -0.15) is 0 Å². The average molecular weight is 330 g/mol. The van der Waals surface area contributed by atoms with Crippen molar-refractivity contribution in [1.29, 1.82) is 0 Å². The van der Waals surface area contributed by atoms with Crippen molar-refractivity contribution in [2.24, 2.45) is 10.1 Å². The van der Waals surface area contributed by atoms with Crippen LogP contribution in [0.4, 0.5) is 0 Å². The molecule has 0 aliphatic carbocycles. The molecule has 0 spiro atoms. The summed E-state index contributed by atoms with van der Waals surface area (Å²) in [7, 11) is 0. The smallest absolute Gasteiger partial charge is 0.276 e. The van der Waals surface area contributed by atoms with Crippen LogP contribution < -0.4 is 15.9 Å². The summed E-state index contributed by atoms with van der Waals surface area (Å²) in [6.07, 6.45) is 4.23. The Morgan fingerprint density at radius 3 is 2.87 bits per heavy atom. The molecular weight excluding hydrogens is 308 g/mol.